The molecule has 2 aromatic rings. The molecule has 26 heavy (non-hydrogen) atoms. The van der Waals surface area contributed by atoms with Gasteiger partial charge in [0.05, 0.1) is 17.7 Å². The first-order chi connectivity index (χ1) is 12.6. The largest absolute Gasteiger partial charge is 0.478 e. The lowest BCUT2D eigenvalue weighted by atomic mass is 10.0. The summed E-state index contributed by atoms with van der Waals surface area (Å²) in [4.78, 5) is 21.9. The average Bonchev–Trinajstić information content (AvgIpc) is 2.67. The third-order valence-corrected chi connectivity index (χ3v) is 3.83. The molecule has 0 heterocycles. The van der Waals surface area contributed by atoms with Crippen molar-refractivity contribution in [1.29, 1.82) is 0 Å². The van der Waals surface area contributed by atoms with Gasteiger partial charge in [-0.25, -0.2) is 9.59 Å². The number of hydrogen-bond donors (Lipinski definition) is 1. The van der Waals surface area contributed by atoms with Gasteiger partial charge in [-0.1, -0.05) is 62.6 Å². The van der Waals surface area contributed by atoms with Gasteiger partial charge >= 0.3 is 11.9 Å². The van der Waals surface area contributed by atoms with E-state index in [1.807, 2.05) is 30.3 Å². The van der Waals surface area contributed by atoms with Crippen LogP contribution in [0.25, 0.3) is 0 Å². The Kier molecular flexibility index (Phi) is 10.5. The minimum atomic E-state index is -0.818. The van der Waals surface area contributed by atoms with Crippen LogP contribution in [0, 0.1) is 0 Å². The van der Waals surface area contributed by atoms with Gasteiger partial charge in [0.1, 0.15) is 0 Å². The Hall–Kier alpha value is -2.62. The Bertz CT molecular complexity index is 665. The molecular weight excluding hydrogens is 328 g/mol. The third-order valence-electron chi connectivity index (χ3n) is 3.83. The number of esters is 1. The van der Waals surface area contributed by atoms with Crippen LogP contribution in [-0.2, 0) is 11.2 Å². The van der Waals surface area contributed by atoms with Gasteiger partial charge < -0.3 is 9.84 Å². The van der Waals surface area contributed by atoms with Gasteiger partial charge in [0, 0.05) is 0 Å². The zero-order valence-corrected chi connectivity index (χ0v) is 15.6. The fraction of sp³-hybridized carbons (Fsp3) is 0.364. The number of rotatable bonds is 8. The van der Waals surface area contributed by atoms with Crippen LogP contribution in [0.3, 0.4) is 0 Å². The lowest BCUT2D eigenvalue weighted by Crippen LogP contribution is -2.03. The van der Waals surface area contributed by atoms with Gasteiger partial charge in [0.25, 0.3) is 0 Å². The van der Waals surface area contributed by atoms with Crippen molar-refractivity contribution < 1.29 is 19.4 Å². The van der Waals surface area contributed by atoms with E-state index in [0.29, 0.717) is 17.7 Å². The van der Waals surface area contributed by atoms with Crippen molar-refractivity contribution in [3.8, 4) is 0 Å². The fourth-order valence-electron chi connectivity index (χ4n) is 2.48. The van der Waals surface area contributed by atoms with Crippen LogP contribution in [0.1, 0.15) is 65.8 Å². The fourth-order valence-corrected chi connectivity index (χ4v) is 2.48. The number of aryl methyl sites for hydroxylation is 1. The first-order valence-electron chi connectivity index (χ1n) is 9.13. The van der Waals surface area contributed by atoms with E-state index in [1.54, 1.807) is 31.2 Å². The van der Waals surface area contributed by atoms with Gasteiger partial charge in [-0.3, -0.25) is 0 Å². The van der Waals surface area contributed by atoms with Gasteiger partial charge in [0.2, 0.25) is 0 Å². The minimum absolute atomic E-state index is 0.256. The standard InChI is InChI=1S/C13H18O2.C9H10O2/c1-2-3-4-5-8-11-9-6-7-10-12(11)13(14)15;1-2-11-9(10)8-6-4-3-5-7-8/h6-7,9-10H,2-5,8H2,1H3,(H,14,15);3-7H,2H2,1H3. The number of benzene rings is 2. The summed E-state index contributed by atoms with van der Waals surface area (Å²) in [6.07, 6.45) is 5.58. The number of carboxylic acids is 1. The number of carboxylic acid groups (broad SMARTS) is 1. The Morgan fingerprint density at radius 2 is 1.54 bits per heavy atom. The van der Waals surface area contributed by atoms with Crippen molar-refractivity contribution in [2.75, 3.05) is 6.61 Å². The van der Waals surface area contributed by atoms with Gasteiger partial charge in [-0.2, -0.15) is 0 Å². The van der Waals surface area contributed by atoms with Crippen molar-refractivity contribution in [3.05, 3.63) is 71.3 Å². The van der Waals surface area contributed by atoms with Crippen LogP contribution in [-0.4, -0.2) is 23.7 Å². The molecule has 0 aliphatic heterocycles. The Morgan fingerprint density at radius 1 is 0.885 bits per heavy atom. The third kappa shape index (κ3) is 7.97. The summed E-state index contributed by atoms with van der Waals surface area (Å²) in [5.74, 6) is -1.07. The van der Waals surface area contributed by atoms with E-state index in [-0.39, 0.29) is 5.97 Å². The van der Waals surface area contributed by atoms with E-state index in [9.17, 15) is 9.59 Å². The molecule has 0 amide bonds. The van der Waals surface area contributed by atoms with Crippen LogP contribution in [0.5, 0.6) is 0 Å². The summed E-state index contributed by atoms with van der Waals surface area (Å²) >= 11 is 0. The van der Waals surface area contributed by atoms with Crippen LogP contribution < -0.4 is 0 Å². The van der Waals surface area contributed by atoms with E-state index in [2.05, 4.69) is 6.92 Å². The highest BCUT2D eigenvalue weighted by molar-refractivity contribution is 5.89. The number of carbonyl (C=O) groups excluding carboxylic acids is 1. The first-order valence-corrected chi connectivity index (χ1v) is 9.13. The Morgan fingerprint density at radius 3 is 2.15 bits per heavy atom. The molecule has 0 aliphatic carbocycles. The predicted molar refractivity (Wildman–Crippen MR) is 104 cm³/mol. The van der Waals surface area contributed by atoms with E-state index in [4.69, 9.17) is 9.84 Å². The van der Waals surface area contributed by atoms with Gasteiger partial charge in [0.15, 0.2) is 0 Å². The van der Waals surface area contributed by atoms with E-state index in [0.717, 1.165) is 18.4 Å². The van der Waals surface area contributed by atoms with Gasteiger partial charge in [-0.05, 0) is 43.5 Å². The number of carbonyl (C=O) groups is 2. The summed E-state index contributed by atoms with van der Waals surface area (Å²) in [6, 6.07) is 16.2. The van der Waals surface area contributed by atoms with Crippen LogP contribution in [0.4, 0.5) is 0 Å². The lowest BCUT2D eigenvalue weighted by molar-refractivity contribution is 0.0525. The van der Waals surface area contributed by atoms with E-state index in [1.165, 1.54) is 19.3 Å². The second-order valence-corrected chi connectivity index (χ2v) is 5.86. The second-order valence-electron chi connectivity index (χ2n) is 5.86. The molecule has 2 rings (SSSR count). The molecule has 0 atom stereocenters. The highest BCUT2D eigenvalue weighted by Crippen LogP contribution is 2.13. The van der Waals surface area contributed by atoms with Crippen molar-refractivity contribution in [2.24, 2.45) is 0 Å². The number of ether oxygens (including phenoxy) is 1. The quantitative estimate of drug-likeness (QED) is 0.510. The van der Waals surface area contributed by atoms with Crippen molar-refractivity contribution in [1.82, 2.24) is 0 Å². The molecular formula is C22H28O4. The molecule has 0 aromatic heterocycles. The van der Waals surface area contributed by atoms with E-state index < -0.39 is 5.97 Å². The maximum Gasteiger partial charge on any atom is 0.338 e. The second kappa shape index (κ2) is 12.7. The smallest absolute Gasteiger partial charge is 0.338 e. The molecule has 0 spiro atoms. The monoisotopic (exact) mass is 356 g/mol. The molecule has 4 heteroatoms. The maximum atomic E-state index is 11.0. The number of aromatic carboxylic acids is 1. The molecule has 0 unspecified atom stereocenters. The number of hydrogen-bond acceptors (Lipinski definition) is 3. The maximum absolute atomic E-state index is 11.0. The zero-order valence-electron chi connectivity index (χ0n) is 15.6. The van der Waals surface area contributed by atoms with Crippen LogP contribution in [0.2, 0.25) is 0 Å². The predicted octanol–water partition coefficient (Wildman–Crippen LogP) is 5.37. The summed E-state index contributed by atoms with van der Waals surface area (Å²) < 4.78 is 4.79. The molecule has 0 saturated carbocycles. The minimum Gasteiger partial charge on any atom is -0.478 e. The molecule has 0 aliphatic rings. The van der Waals surface area contributed by atoms with Crippen molar-refractivity contribution >= 4 is 11.9 Å². The lowest BCUT2D eigenvalue weighted by Gasteiger charge is -2.05. The summed E-state index contributed by atoms with van der Waals surface area (Å²) in [5, 5.41) is 8.97. The molecule has 0 radical (unpaired) electrons. The highest BCUT2D eigenvalue weighted by atomic mass is 16.5. The number of unbranched alkanes of at least 4 members (excludes halogenated alkanes) is 3. The molecule has 140 valence electrons. The normalized spacial score (nSPS) is 9.77. The molecule has 0 saturated heterocycles. The molecule has 0 fully saturated rings. The van der Waals surface area contributed by atoms with Crippen molar-refractivity contribution in [2.45, 2.75) is 46.0 Å². The Balaban J connectivity index is 0.000000273. The van der Waals surface area contributed by atoms with Crippen LogP contribution in [0.15, 0.2) is 54.6 Å². The summed E-state index contributed by atoms with van der Waals surface area (Å²) in [5.41, 5.74) is 2.02. The van der Waals surface area contributed by atoms with Gasteiger partial charge in [-0.15, -0.1) is 0 Å². The highest BCUT2D eigenvalue weighted by Gasteiger charge is 2.07. The molecule has 1 N–H and O–H groups in total. The average molecular weight is 356 g/mol. The molecule has 2 aromatic carbocycles. The molecule has 4 nitrogen and oxygen atoms in total. The molecule has 0 bridgehead atoms. The van der Waals surface area contributed by atoms with Crippen LogP contribution >= 0.6 is 0 Å². The van der Waals surface area contributed by atoms with E-state index >= 15 is 0 Å². The zero-order chi connectivity index (χ0) is 19.2. The SMILES string of the molecule is CCCCCCc1ccccc1C(=O)O.CCOC(=O)c1ccccc1. The Labute approximate surface area is 155 Å². The van der Waals surface area contributed by atoms with Crippen molar-refractivity contribution in [3.63, 3.8) is 0 Å². The topological polar surface area (TPSA) is 63.6 Å². The summed E-state index contributed by atoms with van der Waals surface area (Å²) in [6.45, 7) is 4.39. The first kappa shape index (κ1) is 21.4. The summed E-state index contributed by atoms with van der Waals surface area (Å²) in [7, 11) is 0.